The van der Waals surface area contributed by atoms with E-state index in [1.807, 2.05) is 18.2 Å². The van der Waals surface area contributed by atoms with E-state index in [9.17, 15) is 10.1 Å². The first-order valence-electron chi connectivity index (χ1n) is 6.47. The summed E-state index contributed by atoms with van der Waals surface area (Å²) in [7, 11) is 0. The van der Waals surface area contributed by atoms with Crippen LogP contribution in [-0.2, 0) is 11.8 Å². The molecule has 1 aliphatic carbocycles. The van der Waals surface area contributed by atoms with Crippen LogP contribution < -0.4 is 0 Å². The van der Waals surface area contributed by atoms with Gasteiger partial charge in [0.25, 0.3) is 5.69 Å². The zero-order valence-corrected chi connectivity index (χ0v) is 12.9. The van der Waals surface area contributed by atoms with E-state index in [4.69, 9.17) is 0 Å². The Kier molecular flexibility index (Phi) is 2.94. The minimum atomic E-state index is -0.284. The Morgan fingerprint density at radius 2 is 1.90 bits per heavy atom. The van der Waals surface area contributed by atoms with Crippen molar-refractivity contribution in [3.05, 3.63) is 73.2 Å². The largest absolute Gasteiger partial charge is 0.274 e. The highest BCUT2D eigenvalue weighted by atomic mass is 79.9. The first-order valence-corrected chi connectivity index (χ1v) is 7.26. The summed E-state index contributed by atoms with van der Waals surface area (Å²) in [5, 5.41) is 11.3. The van der Waals surface area contributed by atoms with Crippen LogP contribution in [0.1, 0.15) is 36.1 Å². The number of hydrogen-bond acceptors (Lipinski definition) is 2. The van der Waals surface area contributed by atoms with Gasteiger partial charge in [-0.15, -0.1) is 0 Å². The van der Waals surface area contributed by atoms with Gasteiger partial charge in [0.05, 0.1) is 4.92 Å². The Labute approximate surface area is 125 Å². The number of nitrogens with zero attached hydrogens (tertiary/aromatic N) is 1. The molecule has 0 unspecified atom stereocenters. The number of rotatable bonds is 1. The van der Waals surface area contributed by atoms with E-state index in [2.05, 4.69) is 41.9 Å². The Morgan fingerprint density at radius 1 is 1.20 bits per heavy atom. The molecule has 2 aromatic rings. The average molecular weight is 332 g/mol. The predicted molar refractivity (Wildman–Crippen MR) is 82.2 cm³/mol. The summed E-state index contributed by atoms with van der Waals surface area (Å²) < 4.78 is 0.760. The second-order valence-electron chi connectivity index (χ2n) is 5.67. The van der Waals surface area contributed by atoms with Crippen molar-refractivity contribution in [2.75, 3.05) is 0 Å². The second-order valence-corrected chi connectivity index (χ2v) is 6.58. The summed E-state index contributed by atoms with van der Waals surface area (Å²) in [5.41, 5.74) is 4.28. The normalized spacial score (nSPS) is 15.3. The second kappa shape index (κ2) is 4.42. The number of benzene rings is 2. The first kappa shape index (κ1) is 13.3. The van der Waals surface area contributed by atoms with Gasteiger partial charge in [-0.1, -0.05) is 54.0 Å². The minimum Gasteiger partial charge on any atom is -0.258 e. The topological polar surface area (TPSA) is 43.1 Å². The summed E-state index contributed by atoms with van der Waals surface area (Å²) in [5.74, 6) is 0. The van der Waals surface area contributed by atoms with Gasteiger partial charge in [-0.05, 0) is 22.8 Å². The summed E-state index contributed by atoms with van der Waals surface area (Å²) in [4.78, 5) is 11.0. The lowest BCUT2D eigenvalue weighted by Gasteiger charge is -2.35. The van der Waals surface area contributed by atoms with Gasteiger partial charge in [0, 0.05) is 27.9 Å². The number of fused-ring (bicyclic) bond motifs is 2. The molecule has 0 bridgehead atoms. The lowest BCUT2D eigenvalue weighted by molar-refractivity contribution is -0.385. The van der Waals surface area contributed by atoms with Crippen LogP contribution in [0.5, 0.6) is 0 Å². The van der Waals surface area contributed by atoms with Crippen molar-refractivity contribution in [1.82, 2.24) is 0 Å². The van der Waals surface area contributed by atoms with Crippen LogP contribution in [0.2, 0.25) is 0 Å². The quantitative estimate of drug-likeness (QED) is 0.566. The van der Waals surface area contributed by atoms with Crippen LogP contribution in [0.15, 0.2) is 40.9 Å². The monoisotopic (exact) mass is 331 g/mol. The fraction of sp³-hybridized carbons (Fsp3) is 0.250. The Balaban J connectivity index is 2.33. The molecule has 0 aliphatic heterocycles. The summed E-state index contributed by atoms with van der Waals surface area (Å²) in [6.07, 6.45) is 0.624. The fourth-order valence-electron chi connectivity index (χ4n) is 3.15. The maximum absolute atomic E-state index is 11.3. The van der Waals surface area contributed by atoms with E-state index in [1.54, 1.807) is 6.07 Å². The number of nitro benzene ring substituents is 1. The third kappa shape index (κ3) is 1.86. The zero-order chi connectivity index (χ0) is 14.5. The van der Waals surface area contributed by atoms with Gasteiger partial charge in [-0.3, -0.25) is 10.1 Å². The Hall–Kier alpha value is -1.68. The van der Waals surface area contributed by atoms with Gasteiger partial charge in [-0.2, -0.15) is 0 Å². The molecule has 3 nitrogen and oxygen atoms in total. The van der Waals surface area contributed by atoms with E-state index in [1.165, 1.54) is 11.1 Å². The minimum absolute atomic E-state index is 0.206. The molecule has 0 saturated heterocycles. The molecule has 0 atom stereocenters. The van der Waals surface area contributed by atoms with Crippen LogP contribution in [0, 0.1) is 10.1 Å². The van der Waals surface area contributed by atoms with Crippen molar-refractivity contribution in [1.29, 1.82) is 0 Å². The van der Waals surface area contributed by atoms with Crippen LogP contribution in [-0.4, -0.2) is 4.92 Å². The molecule has 1 aliphatic rings. The maximum atomic E-state index is 11.3. The highest BCUT2D eigenvalue weighted by Gasteiger charge is 2.36. The molecule has 0 aromatic heterocycles. The van der Waals surface area contributed by atoms with Crippen molar-refractivity contribution in [3.8, 4) is 0 Å². The highest BCUT2D eigenvalue weighted by molar-refractivity contribution is 9.10. The maximum Gasteiger partial charge on any atom is 0.274 e. The summed E-state index contributed by atoms with van der Waals surface area (Å²) in [6.45, 7) is 4.25. The van der Waals surface area contributed by atoms with E-state index in [-0.39, 0.29) is 16.0 Å². The molecule has 4 heteroatoms. The molecule has 0 radical (unpaired) electrons. The molecule has 0 spiro atoms. The fourth-order valence-corrected chi connectivity index (χ4v) is 3.59. The Morgan fingerprint density at radius 3 is 2.60 bits per heavy atom. The highest BCUT2D eigenvalue weighted by Crippen LogP contribution is 2.45. The van der Waals surface area contributed by atoms with E-state index >= 15 is 0 Å². The Bertz CT molecular complexity index is 722. The third-order valence-corrected chi connectivity index (χ3v) is 4.58. The molecular formula is C16H14BrNO2. The molecule has 0 amide bonds. The number of nitro groups is 1. The lowest BCUT2D eigenvalue weighted by Crippen LogP contribution is -2.27. The van der Waals surface area contributed by atoms with Gasteiger partial charge in [0.1, 0.15) is 0 Å². The van der Waals surface area contributed by atoms with Crippen molar-refractivity contribution in [2.45, 2.75) is 25.7 Å². The molecule has 20 heavy (non-hydrogen) atoms. The standard InChI is InChI=1S/C16H14BrNO2/c1-16(2)13-6-4-3-5-10(13)7-12-14(16)8-11(17)9-15(12)18(19)20/h3-6,8-9H,7H2,1-2H3. The van der Waals surface area contributed by atoms with Crippen molar-refractivity contribution in [2.24, 2.45) is 0 Å². The summed E-state index contributed by atoms with van der Waals surface area (Å²) in [6, 6.07) is 11.8. The van der Waals surface area contributed by atoms with E-state index in [0.717, 1.165) is 15.6 Å². The van der Waals surface area contributed by atoms with Crippen molar-refractivity contribution < 1.29 is 4.92 Å². The van der Waals surface area contributed by atoms with Gasteiger partial charge in [0.2, 0.25) is 0 Å². The predicted octanol–water partition coefficient (Wildman–Crippen LogP) is 4.59. The molecule has 0 heterocycles. The molecule has 0 saturated carbocycles. The first-order chi connectivity index (χ1) is 9.41. The molecule has 2 aromatic carbocycles. The van der Waals surface area contributed by atoms with Gasteiger partial charge < -0.3 is 0 Å². The molecule has 102 valence electrons. The van der Waals surface area contributed by atoms with Crippen LogP contribution in [0.4, 0.5) is 5.69 Å². The third-order valence-electron chi connectivity index (χ3n) is 4.12. The smallest absolute Gasteiger partial charge is 0.258 e. The van der Waals surface area contributed by atoms with Crippen LogP contribution in [0.3, 0.4) is 0 Å². The SMILES string of the molecule is CC1(C)c2ccccc2Cc2c([N+](=O)[O-])cc(Br)cc21. The van der Waals surface area contributed by atoms with E-state index in [0.29, 0.717) is 6.42 Å². The molecule has 0 fully saturated rings. The molecule has 0 N–H and O–H groups in total. The zero-order valence-electron chi connectivity index (χ0n) is 11.3. The lowest BCUT2D eigenvalue weighted by atomic mass is 9.68. The average Bonchev–Trinajstić information content (AvgIpc) is 2.39. The van der Waals surface area contributed by atoms with Crippen molar-refractivity contribution in [3.63, 3.8) is 0 Å². The van der Waals surface area contributed by atoms with E-state index < -0.39 is 0 Å². The molecule has 3 rings (SSSR count). The van der Waals surface area contributed by atoms with Crippen molar-refractivity contribution >= 4 is 21.6 Å². The number of halogens is 1. The van der Waals surface area contributed by atoms with Crippen LogP contribution >= 0.6 is 15.9 Å². The van der Waals surface area contributed by atoms with Gasteiger partial charge >= 0.3 is 0 Å². The van der Waals surface area contributed by atoms with Crippen LogP contribution in [0.25, 0.3) is 0 Å². The number of hydrogen-bond donors (Lipinski definition) is 0. The summed E-state index contributed by atoms with van der Waals surface area (Å²) >= 11 is 3.40. The van der Waals surface area contributed by atoms with Gasteiger partial charge in [-0.25, -0.2) is 0 Å². The van der Waals surface area contributed by atoms with Gasteiger partial charge in [0.15, 0.2) is 0 Å². The molecular weight excluding hydrogens is 318 g/mol.